The van der Waals surface area contributed by atoms with Crippen molar-refractivity contribution in [3.8, 4) is 22.9 Å². The number of hydrogen-bond acceptors (Lipinski definition) is 6. The molecule has 0 radical (unpaired) electrons. The molecule has 10 heteroatoms. The van der Waals surface area contributed by atoms with E-state index in [0.717, 1.165) is 6.07 Å². The average Bonchev–Trinajstić information content (AvgIpc) is 3.29. The molecule has 0 spiro atoms. The highest BCUT2D eigenvalue weighted by Crippen LogP contribution is 2.30. The highest BCUT2D eigenvalue weighted by molar-refractivity contribution is 6.06. The SMILES string of the molecule is Nc1cc(Oc2ccc(NC(=O)c3c4c(cn(-c5ccc(F)cc5)c3=O)CCO4)cc2F)ccn1. The zero-order valence-corrected chi connectivity index (χ0v) is 18.1. The largest absolute Gasteiger partial charge is 0.492 e. The molecule has 0 atom stereocenters. The molecule has 1 aliphatic rings. The maximum atomic E-state index is 14.7. The number of carbonyl (C=O) groups excluding carboxylic acids is 1. The van der Waals surface area contributed by atoms with Crippen LogP contribution in [0.1, 0.15) is 15.9 Å². The second-order valence-corrected chi connectivity index (χ2v) is 7.73. The molecule has 0 bridgehead atoms. The Hall–Kier alpha value is -4.73. The summed E-state index contributed by atoms with van der Waals surface area (Å²) in [5, 5.41) is 2.54. The lowest BCUT2D eigenvalue weighted by atomic mass is 10.1. The summed E-state index contributed by atoms with van der Waals surface area (Å²) in [7, 11) is 0. The molecule has 3 heterocycles. The lowest BCUT2D eigenvalue weighted by Gasteiger charge is -2.13. The number of ether oxygens (including phenoxy) is 2. The van der Waals surface area contributed by atoms with Crippen molar-refractivity contribution in [1.82, 2.24) is 9.55 Å². The van der Waals surface area contributed by atoms with Crippen LogP contribution in [0.2, 0.25) is 0 Å². The van der Waals surface area contributed by atoms with Gasteiger partial charge >= 0.3 is 0 Å². The number of carbonyl (C=O) groups is 1. The maximum absolute atomic E-state index is 14.7. The standard InChI is InChI=1S/C25H18F2N4O4/c26-15-1-4-17(5-2-15)31-13-14-8-10-34-23(14)22(25(31)33)24(32)30-16-3-6-20(19(27)11-16)35-18-7-9-29-21(28)12-18/h1-7,9,11-13H,8,10H2,(H2,28,29)(H,30,32). The molecule has 3 N–H and O–H groups in total. The molecule has 1 amide bonds. The van der Waals surface area contributed by atoms with Crippen LogP contribution in [0.15, 0.2) is 71.8 Å². The van der Waals surface area contributed by atoms with Crippen LogP contribution in [-0.4, -0.2) is 22.1 Å². The van der Waals surface area contributed by atoms with Gasteiger partial charge in [0.2, 0.25) is 0 Å². The quantitative estimate of drug-likeness (QED) is 0.450. The fourth-order valence-corrected chi connectivity index (χ4v) is 3.72. The second kappa shape index (κ2) is 8.90. The highest BCUT2D eigenvalue weighted by atomic mass is 19.1. The van der Waals surface area contributed by atoms with Gasteiger partial charge in [-0.3, -0.25) is 14.2 Å². The van der Waals surface area contributed by atoms with E-state index in [9.17, 15) is 18.4 Å². The van der Waals surface area contributed by atoms with E-state index in [0.29, 0.717) is 30.0 Å². The van der Waals surface area contributed by atoms with Crippen LogP contribution in [0.4, 0.5) is 20.3 Å². The third-order valence-electron chi connectivity index (χ3n) is 5.36. The normalized spacial score (nSPS) is 12.1. The number of rotatable bonds is 5. The number of nitrogen functional groups attached to an aromatic ring is 1. The molecule has 0 saturated heterocycles. The van der Waals surface area contributed by atoms with Gasteiger partial charge in [0, 0.05) is 47.9 Å². The molecule has 0 aliphatic carbocycles. The Morgan fingerprint density at radius 3 is 2.66 bits per heavy atom. The van der Waals surface area contributed by atoms with Gasteiger partial charge < -0.3 is 20.5 Å². The molecule has 2 aromatic heterocycles. The van der Waals surface area contributed by atoms with E-state index < -0.39 is 23.1 Å². The molecule has 176 valence electrons. The first-order valence-corrected chi connectivity index (χ1v) is 10.6. The van der Waals surface area contributed by atoms with Crippen LogP contribution in [0.3, 0.4) is 0 Å². The van der Waals surface area contributed by atoms with Crippen molar-refractivity contribution in [3.63, 3.8) is 0 Å². The summed E-state index contributed by atoms with van der Waals surface area (Å²) in [5.74, 6) is -1.35. The van der Waals surface area contributed by atoms with Crippen molar-refractivity contribution in [1.29, 1.82) is 0 Å². The smallest absolute Gasteiger partial charge is 0.271 e. The zero-order chi connectivity index (χ0) is 24.5. The number of nitrogens with two attached hydrogens (primary N) is 1. The van der Waals surface area contributed by atoms with Crippen molar-refractivity contribution >= 4 is 17.4 Å². The predicted molar refractivity (Wildman–Crippen MR) is 124 cm³/mol. The highest BCUT2D eigenvalue weighted by Gasteiger charge is 2.27. The number of anilines is 2. The summed E-state index contributed by atoms with van der Waals surface area (Å²) in [6, 6.07) is 12.1. The molecule has 0 unspecified atom stereocenters. The Morgan fingerprint density at radius 1 is 1.11 bits per heavy atom. The molecule has 0 fully saturated rings. The van der Waals surface area contributed by atoms with Crippen LogP contribution in [0.25, 0.3) is 5.69 Å². The van der Waals surface area contributed by atoms with Crippen LogP contribution in [-0.2, 0) is 6.42 Å². The number of halogens is 2. The number of benzene rings is 2. The summed E-state index contributed by atoms with van der Waals surface area (Å²) in [5.41, 5.74) is 5.89. The molecule has 1 aliphatic heterocycles. The number of hydrogen-bond donors (Lipinski definition) is 2. The summed E-state index contributed by atoms with van der Waals surface area (Å²) in [6.45, 7) is 0.308. The number of amides is 1. The Balaban J connectivity index is 1.44. The van der Waals surface area contributed by atoms with Crippen LogP contribution in [0, 0.1) is 11.6 Å². The van der Waals surface area contributed by atoms with E-state index in [-0.39, 0.29) is 28.6 Å². The third kappa shape index (κ3) is 4.41. The first kappa shape index (κ1) is 22.1. The lowest BCUT2D eigenvalue weighted by molar-refractivity contribution is 0.102. The minimum Gasteiger partial charge on any atom is -0.492 e. The predicted octanol–water partition coefficient (Wildman–Crippen LogP) is 4.07. The number of nitrogens with zero attached hydrogens (tertiary/aromatic N) is 2. The topological polar surface area (TPSA) is 108 Å². The van der Waals surface area contributed by atoms with Gasteiger partial charge in [-0.25, -0.2) is 13.8 Å². The van der Waals surface area contributed by atoms with E-state index in [1.54, 1.807) is 6.20 Å². The lowest BCUT2D eigenvalue weighted by Crippen LogP contribution is -2.29. The van der Waals surface area contributed by atoms with Crippen molar-refractivity contribution in [2.45, 2.75) is 6.42 Å². The van der Waals surface area contributed by atoms with Gasteiger partial charge in [0.1, 0.15) is 28.7 Å². The number of fused-ring (bicyclic) bond motifs is 1. The summed E-state index contributed by atoms with van der Waals surface area (Å²) < 4.78 is 40.3. The van der Waals surface area contributed by atoms with Gasteiger partial charge in [-0.15, -0.1) is 0 Å². The second-order valence-electron chi connectivity index (χ2n) is 7.73. The van der Waals surface area contributed by atoms with E-state index in [1.807, 2.05) is 0 Å². The average molecular weight is 476 g/mol. The number of aromatic nitrogens is 2. The van der Waals surface area contributed by atoms with Crippen LogP contribution >= 0.6 is 0 Å². The first-order chi connectivity index (χ1) is 16.9. The first-order valence-electron chi connectivity index (χ1n) is 10.6. The molecule has 2 aromatic carbocycles. The Bertz CT molecular complexity index is 1500. The summed E-state index contributed by atoms with van der Waals surface area (Å²) in [6.07, 6.45) is 3.50. The van der Waals surface area contributed by atoms with Crippen LogP contribution in [0.5, 0.6) is 17.2 Å². The van der Waals surface area contributed by atoms with Gasteiger partial charge in [-0.2, -0.15) is 0 Å². The monoisotopic (exact) mass is 476 g/mol. The summed E-state index contributed by atoms with van der Waals surface area (Å²) >= 11 is 0. The summed E-state index contributed by atoms with van der Waals surface area (Å²) in [4.78, 5) is 30.2. The van der Waals surface area contributed by atoms with E-state index in [2.05, 4.69) is 10.3 Å². The van der Waals surface area contributed by atoms with Crippen molar-refractivity contribution in [3.05, 3.63) is 100 Å². The van der Waals surface area contributed by atoms with Gasteiger partial charge in [0.25, 0.3) is 11.5 Å². The van der Waals surface area contributed by atoms with Gasteiger partial charge in [0.05, 0.1) is 6.61 Å². The van der Waals surface area contributed by atoms with Crippen molar-refractivity contribution in [2.24, 2.45) is 0 Å². The Morgan fingerprint density at radius 2 is 1.91 bits per heavy atom. The van der Waals surface area contributed by atoms with Gasteiger partial charge in [-0.05, 0) is 42.5 Å². The minimum atomic E-state index is -0.764. The zero-order valence-electron chi connectivity index (χ0n) is 18.1. The van der Waals surface area contributed by atoms with E-state index in [1.165, 1.54) is 59.3 Å². The fourth-order valence-electron chi connectivity index (χ4n) is 3.72. The number of nitrogens with one attached hydrogen (secondary N) is 1. The molecule has 0 saturated carbocycles. The van der Waals surface area contributed by atoms with Crippen LogP contribution < -0.4 is 26.1 Å². The third-order valence-corrected chi connectivity index (χ3v) is 5.36. The van der Waals surface area contributed by atoms with Gasteiger partial charge in [-0.1, -0.05) is 0 Å². The van der Waals surface area contributed by atoms with Crippen molar-refractivity contribution in [2.75, 3.05) is 17.7 Å². The van der Waals surface area contributed by atoms with Crippen molar-refractivity contribution < 1.29 is 23.0 Å². The Labute approximate surface area is 197 Å². The molecular weight excluding hydrogens is 458 g/mol. The van der Waals surface area contributed by atoms with E-state index in [4.69, 9.17) is 15.2 Å². The molecule has 8 nitrogen and oxygen atoms in total. The van der Waals surface area contributed by atoms with E-state index >= 15 is 0 Å². The fraction of sp³-hybridized carbons (Fsp3) is 0.0800. The maximum Gasteiger partial charge on any atom is 0.271 e. The Kier molecular flexibility index (Phi) is 5.61. The number of pyridine rings is 2. The minimum absolute atomic E-state index is 0.0869. The molecule has 35 heavy (non-hydrogen) atoms. The van der Waals surface area contributed by atoms with Gasteiger partial charge in [0.15, 0.2) is 11.6 Å². The molecule has 5 rings (SSSR count). The molecule has 4 aromatic rings. The molecular formula is C25H18F2N4O4.